The van der Waals surface area contributed by atoms with E-state index in [1.54, 1.807) is 6.08 Å². The average Bonchev–Trinajstić information content (AvgIpc) is 1.61. The minimum atomic E-state index is 0.224. The highest BCUT2D eigenvalue weighted by Gasteiger charge is 1.72. The van der Waals surface area contributed by atoms with Crippen LogP contribution in [0.15, 0.2) is 12.7 Å². The zero-order chi connectivity index (χ0) is 4.83. The lowest BCUT2D eigenvalue weighted by molar-refractivity contribution is 0.598. The second-order valence-electron chi connectivity index (χ2n) is 0.930. The molecule has 0 amide bonds. The monoisotopic (exact) mass is 102 g/mol. The van der Waals surface area contributed by atoms with Crippen LogP contribution in [-0.2, 0) is 4.57 Å². The molecule has 0 unspecified atom stereocenters. The van der Waals surface area contributed by atoms with Gasteiger partial charge in [-0.3, -0.25) is 4.57 Å². The van der Waals surface area contributed by atoms with E-state index in [1.165, 1.54) is 0 Å². The molecule has 0 N–H and O–H groups in total. The normalized spacial score (nSPS) is 8.67. The Hall–Kier alpha value is -0.160. The SMILES string of the molecule is C=CCCP=O. The fraction of sp³-hybridized carbons (Fsp3) is 0.500. The van der Waals surface area contributed by atoms with Crippen molar-refractivity contribution in [3.63, 3.8) is 0 Å². The lowest BCUT2D eigenvalue weighted by Crippen LogP contribution is -1.60. The van der Waals surface area contributed by atoms with E-state index in [2.05, 4.69) is 6.58 Å². The van der Waals surface area contributed by atoms with Crippen molar-refractivity contribution < 1.29 is 4.57 Å². The third-order valence-corrected chi connectivity index (χ3v) is 0.865. The predicted molar refractivity (Wildman–Crippen MR) is 27.3 cm³/mol. The highest BCUT2D eigenvalue weighted by Crippen LogP contribution is 1.93. The van der Waals surface area contributed by atoms with E-state index in [4.69, 9.17) is 0 Å². The number of allylic oxidation sites excluding steroid dienone is 1. The van der Waals surface area contributed by atoms with E-state index in [1.807, 2.05) is 0 Å². The highest BCUT2D eigenvalue weighted by molar-refractivity contribution is 7.23. The molecule has 0 saturated heterocycles. The van der Waals surface area contributed by atoms with Gasteiger partial charge in [0.15, 0.2) is 8.46 Å². The molecule has 0 atom stereocenters. The Balaban J connectivity index is 2.66. The van der Waals surface area contributed by atoms with E-state index in [-0.39, 0.29) is 8.46 Å². The molecule has 0 aliphatic rings. The summed E-state index contributed by atoms with van der Waals surface area (Å²) in [6.07, 6.45) is 3.32. The molecule has 0 aromatic carbocycles. The molecular weight excluding hydrogens is 95.0 g/mol. The third kappa shape index (κ3) is 3.84. The molecule has 0 aromatic rings. The Morgan fingerprint density at radius 2 is 2.50 bits per heavy atom. The van der Waals surface area contributed by atoms with Gasteiger partial charge in [-0.2, -0.15) is 0 Å². The van der Waals surface area contributed by atoms with Gasteiger partial charge in [0.25, 0.3) is 0 Å². The lowest BCUT2D eigenvalue weighted by Gasteiger charge is -1.71. The molecule has 0 aliphatic heterocycles. The summed E-state index contributed by atoms with van der Waals surface area (Å²) in [5.41, 5.74) is 0. The zero-order valence-corrected chi connectivity index (χ0v) is 4.45. The Morgan fingerprint density at radius 1 is 1.83 bits per heavy atom. The van der Waals surface area contributed by atoms with Gasteiger partial charge in [-0.1, -0.05) is 6.08 Å². The molecule has 0 radical (unpaired) electrons. The molecule has 0 aliphatic carbocycles. The van der Waals surface area contributed by atoms with Crippen LogP contribution in [0.1, 0.15) is 6.42 Å². The largest absolute Gasteiger partial charge is 0.275 e. The minimum Gasteiger partial charge on any atom is -0.275 e. The molecular formula is C4H7OP. The van der Waals surface area contributed by atoms with Crippen molar-refractivity contribution in [1.82, 2.24) is 0 Å². The van der Waals surface area contributed by atoms with Gasteiger partial charge in [-0.15, -0.1) is 6.58 Å². The van der Waals surface area contributed by atoms with Crippen LogP contribution in [-0.4, -0.2) is 6.16 Å². The molecule has 0 aromatic heterocycles. The fourth-order valence-corrected chi connectivity index (χ4v) is 0.432. The summed E-state index contributed by atoms with van der Waals surface area (Å²) in [4.78, 5) is 0. The van der Waals surface area contributed by atoms with Crippen LogP contribution >= 0.6 is 8.46 Å². The van der Waals surface area contributed by atoms with Gasteiger partial charge < -0.3 is 0 Å². The van der Waals surface area contributed by atoms with Crippen molar-refractivity contribution in [2.24, 2.45) is 0 Å². The predicted octanol–water partition coefficient (Wildman–Crippen LogP) is 1.85. The van der Waals surface area contributed by atoms with Gasteiger partial charge >= 0.3 is 0 Å². The first-order chi connectivity index (χ1) is 2.91. The summed E-state index contributed by atoms with van der Waals surface area (Å²) < 4.78 is 9.61. The van der Waals surface area contributed by atoms with E-state index >= 15 is 0 Å². The fourth-order valence-electron chi connectivity index (χ4n) is 0.144. The van der Waals surface area contributed by atoms with Gasteiger partial charge in [0.1, 0.15) is 0 Å². The highest BCUT2D eigenvalue weighted by atomic mass is 31.1. The van der Waals surface area contributed by atoms with Crippen molar-refractivity contribution in [3.8, 4) is 0 Å². The minimum absolute atomic E-state index is 0.224. The quantitative estimate of drug-likeness (QED) is 0.302. The van der Waals surface area contributed by atoms with E-state index < -0.39 is 0 Å². The molecule has 0 fully saturated rings. The van der Waals surface area contributed by atoms with Crippen molar-refractivity contribution >= 4 is 8.46 Å². The number of hydrogen-bond acceptors (Lipinski definition) is 1. The second-order valence-corrected chi connectivity index (χ2v) is 1.64. The van der Waals surface area contributed by atoms with Gasteiger partial charge in [-0.25, -0.2) is 0 Å². The molecule has 0 saturated carbocycles. The molecule has 0 heterocycles. The summed E-state index contributed by atoms with van der Waals surface area (Å²) in [6.45, 7) is 3.45. The first-order valence-corrected chi connectivity index (χ1v) is 2.81. The first kappa shape index (κ1) is 5.84. The van der Waals surface area contributed by atoms with Crippen molar-refractivity contribution in [1.29, 1.82) is 0 Å². The van der Waals surface area contributed by atoms with Crippen LogP contribution in [0.25, 0.3) is 0 Å². The summed E-state index contributed by atoms with van der Waals surface area (Å²) in [7, 11) is 0.224. The van der Waals surface area contributed by atoms with Crippen molar-refractivity contribution in [3.05, 3.63) is 12.7 Å². The van der Waals surface area contributed by atoms with E-state index in [9.17, 15) is 4.57 Å². The van der Waals surface area contributed by atoms with Crippen LogP contribution in [0.2, 0.25) is 0 Å². The Labute approximate surface area is 39.3 Å². The molecule has 1 nitrogen and oxygen atoms in total. The van der Waals surface area contributed by atoms with Crippen LogP contribution in [0.5, 0.6) is 0 Å². The Kier molecular flexibility index (Phi) is 4.71. The molecule has 0 spiro atoms. The molecule has 0 bridgehead atoms. The van der Waals surface area contributed by atoms with Crippen LogP contribution in [0.4, 0.5) is 0 Å². The van der Waals surface area contributed by atoms with Crippen LogP contribution in [0.3, 0.4) is 0 Å². The molecule has 2 heteroatoms. The van der Waals surface area contributed by atoms with Crippen LogP contribution in [0, 0.1) is 0 Å². The van der Waals surface area contributed by atoms with Gasteiger partial charge in [-0.05, 0) is 6.42 Å². The van der Waals surface area contributed by atoms with E-state index in [0.717, 1.165) is 6.42 Å². The maximum atomic E-state index is 9.61. The number of hydrogen-bond donors (Lipinski definition) is 0. The Morgan fingerprint density at radius 3 is 2.67 bits per heavy atom. The maximum absolute atomic E-state index is 9.61. The summed E-state index contributed by atoms with van der Waals surface area (Å²) >= 11 is 0. The van der Waals surface area contributed by atoms with Crippen molar-refractivity contribution in [2.45, 2.75) is 6.42 Å². The third-order valence-electron chi connectivity index (χ3n) is 0.425. The molecule has 6 heavy (non-hydrogen) atoms. The van der Waals surface area contributed by atoms with Crippen LogP contribution < -0.4 is 0 Å². The first-order valence-electron chi connectivity index (χ1n) is 1.82. The maximum Gasteiger partial charge on any atom is 0.155 e. The summed E-state index contributed by atoms with van der Waals surface area (Å²) in [6, 6.07) is 0. The standard InChI is InChI=1S/C4H7OP/c1-2-3-4-6-5/h2H,1,3-4H2. The van der Waals surface area contributed by atoms with Gasteiger partial charge in [0.05, 0.1) is 0 Å². The molecule has 34 valence electrons. The molecule has 0 rings (SSSR count). The lowest BCUT2D eigenvalue weighted by atomic mass is 10.5. The summed E-state index contributed by atoms with van der Waals surface area (Å²) in [5, 5.41) is 0. The average molecular weight is 102 g/mol. The topological polar surface area (TPSA) is 17.1 Å². The smallest absolute Gasteiger partial charge is 0.155 e. The van der Waals surface area contributed by atoms with Crippen molar-refractivity contribution in [2.75, 3.05) is 6.16 Å². The second kappa shape index (κ2) is 4.84. The summed E-state index contributed by atoms with van der Waals surface area (Å²) in [5.74, 6) is 0. The van der Waals surface area contributed by atoms with Gasteiger partial charge in [0, 0.05) is 6.16 Å². The number of rotatable bonds is 3. The van der Waals surface area contributed by atoms with Gasteiger partial charge in [0.2, 0.25) is 0 Å². The zero-order valence-electron chi connectivity index (χ0n) is 3.55. The Bertz CT molecular complexity index is 43.5. The van der Waals surface area contributed by atoms with E-state index in [0.29, 0.717) is 6.16 Å².